The largest absolute Gasteiger partial charge is 0.384 e. The highest BCUT2D eigenvalue weighted by molar-refractivity contribution is 5.75. The number of ether oxygens (including phenoxy) is 1. The minimum atomic E-state index is 0.136. The molecule has 2 amide bonds. The second-order valence-corrected chi connectivity index (χ2v) is 7.67. The van der Waals surface area contributed by atoms with E-state index in [2.05, 4.69) is 25.0 Å². The number of carbonyl (C=O) groups is 1. The summed E-state index contributed by atoms with van der Waals surface area (Å²) in [7, 11) is 1.71. The first-order valence-corrected chi connectivity index (χ1v) is 9.75. The highest BCUT2D eigenvalue weighted by Gasteiger charge is 2.41. The Morgan fingerprint density at radius 2 is 1.96 bits per heavy atom. The van der Waals surface area contributed by atoms with E-state index in [1.165, 1.54) is 19.3 Å². The summed E-state index contributed by atoms with van der Waals surface area (Å²) in [5, 5.41) is 12.1. The lowest BCUT2D eigenvalue weighted by molar-refractivity contribution is 0.163. The quantitative estimate of drug-likeness (QED) is 0.903. The highest BCUT2D eigenvalue weighted by atomic mass is 16.5. The Kier molecular flexibility index (Phi) is 4.92. The SMILES string of the molecule is COCCc1nnc2n1CC1CCC(C2)N1C(=O)NC1CCCCC1. The molecule has 2 fully saturated rings. The number of fused-ring (bicyclic) bond motifs is 3. The van der Waals surface area contributed by atoms with E-state index in [-0.39, 0.29) is 18.1 Å². The Morgan fingerprint density at radius 3 is 2.76 bits per heavy atom. The zero-order valence-corrected chi connectivity index (χ0v) is 15.1. The summed E-state index contributed by atoms with van der Waals surface area (Å²) < 4.78 is 7.41. The molecule has 7 heteroatoms. The van der Waals surface area contributed by atoms with Gasteiger partial charge in [0.05, 0.1) is 12.6 Å². The monoisotopic (exact) mass is 347 g/mol. The van der Waals surface area contributed by atoms with Crippen molar-refractivity contribution in [3.05, 3.63) is 11.6 Å². The third kappa shape index (κ3) is 3.38. The average molecular weight is 347 g/mol. The molecule has 3 aliphatic rings. The van der Waals surface area contributed by atoms with Crippen LogP contribution in [0.4, 0.5) is 4.79 Å². The molecule has 1 N–H and O–H groups in total. The molecule has 0 aromatic carbocycles. The molecular weight excluding hydrogens is 318 g/mol. The van der Waals surface area contributed by atoms with Crippen LogP contribution in [0, 0.1) is 0 Å². The third-order valence-corrected chi connectivity index (χ3v) is 6.03. The van der Waals surface area contributed by atoms with E-state index in [0.29, 0.717) is 12.6 Å². The zero-order chi connectivity index (χ0) is 17.2. The molecule has 1 aliphatic carbocycles. The normalized spacial score (nSPS) is 26.4. The van der Waals surface area contributed by atoms with Crippen molar-refractivity contribution in [1.82, 2.24) is 25.0 Å². The second-order valence-electron chi connectivity index (χ2n) is 7.67. The number of hydrogen-bond acceptors (Lipinski definition) is 4. The summed E-state index contributed by atoms with van der Waals surface area (Å²) >= 11 is 0. The van der Waals surface area contributed by atoms with Gasteiger partial charge in [0.1, 0.15) is 11.6 Å². The van der Waals surface area contributed by atoms with E-state index in [0.717, 1.165) is 56.7 Å². The number of methoxy groups -OCH3 is 1. The summed E-state index contributed by atoms with van der Waals surface area (Å²) in [6.07, 6.45) is 9.77. The Bertz CT molecular complexity index is 611. The standard InChI is InChI=1S/C18H29N5O2/c1-25-10-9-16-20-21-17-11-14-7-8-15(12-22(16)17)23(14)18(24)19-13-5-3-2-4-6-13/h13-15H,2-12H2,1H3,(H,19,24). The number of nitrogens with one attached hydrogen (secondary N) is 1. The van der Waals surface area contributed by atoms with Crippen molar-refractivity contribution in [1.29, 1.82) is 0 Å². The number of hydrogen-bond donors (Lipinski definition) is 1. The predicted octanol–water partition coefficient (Wildman–Crippen LogP) is 1.90. The molecule has 1 saturated carbocycles. The number of amides is 2. The molecule has 1 saturated heterocycles. The van der Waals surface area contributed by atoms with Crippen molar-refractivity contribution in [2.45, 2.75) is 82.5 Å². The van der Waals surface area contributed by atoms with E-state index in [1.54, 1.807) is 7.11 Å². The molecule has 138 valence electrons. The second kappa shape index (κ2) is 7.32. The Morgan fingerprint density at radius 1 is 1.16 bits per heavy atom. The maximum atomic E-state index is 13.0. The fraction of sp³-hybridized carbons (Fsp3) is 0.833. The van der Waals surface area contributed by atoms with Crippen molar-refractivity contribution in [3.63, 3.8) is 0 Å². The zero-order valence-electron chi connectivity index (χ0n) is 15.1. The Balaban J connectivity index is 1.47. The summed E-state index contributed by atoms with van der Waals surface area (Å²) in [6, 6.07) is 1.01. The van der Waals surface area contributed by atoms with Crippen LogP contribution in [0.2, 0.25) is 0 Å². The average Bonchev–Trinajstić information content (AvgIpc) is 3.13. The van der Waals surface area contributed by atoms with Gasteiger partial charge in [0.2, 0.25) is 0 Å². The van der Waals surface area contributed by atoms with E-state index < -0.39 is 0 Å². The fourth-order valence-electron chi connectivity index (χ4n) is 4.70. The van der Waals surface area contributed by atoms with Gasteiger partial charge in [-0.3, -0.25) is 0 Å². The van der Waals surface area contributed by atoms with E-state index in [1.807, 2.05) is 0 Å². The number of carbonyl (C=O) groups excluding carboxylic acids is 1. The summed E-state index contributed by atoms with van der Waals surface area (Å²) in [5.74, 6) is 2.01. The van der Waals surface area contributed by atoms with Crippen molar-refractivity contribution in [2.75, 3.05) is 13.7 Å². The first kappa shape index (κ1) is 16.8. The molecule has 25 heavy (non-hydrogen) atoms. The number of rotatable bonds is 4. The third-order valence-electron chi connectivity index (χ3n) is 6.03. The van der Waals surface area contributed by atoms with Crippen LogP contribution in [0.25, 0.3) is 0 Å². The highest BCUT2D eigenvalue weighted by Crippen LogP contribution is 2.32. The van der Waals surface area contributed by atoms with Gasteiger partial charge in [0, 0.05) is 38.6 Å². The van der Waals surface area contributed by atoms with Crippen LogP contribution in [0.5, 0.6) is 0 Å². The fourth-order valence-corrected chi connectivity index (χ4v) is 4.70. The Hall–Kier alpha value is -1.63. The van der Waals surface area contributed by atoms with Crippen LogP contribution >= 0.6 is 0 Å². The lowest BCUT2D eigenvalue weighted by atomic mass is 9.96. The first-order chi connectivity index (χ1) is 12.3. The van der Waals surface area contributed by atoms with Gasteiger partial charge in [-0.25, -0.2) is 4.79 Å². The molecule has 0 radical (unpaired) electrons. The Labute approximate surface area is 149 Å². The van der Waals surface area contributed by atoms with Gasteiger partial charge in [0.15, 0.2) is 0 Å². The van der Waals surface area contributed by atoms with Crippen molar-refractivity contribution < 1.29 is 9.53 Å². The van der Waals surface area contributed by atoms with Gasteiger partial charge >= 0.3 is 6.03 Å². The van der Waals surface area contributed by atoms with Crippen LogP contribution in [0.3, 0.4) is 0 Å². The molecular formula is C18H29N5O2. The lowest BCUT2D eigenvalue weighted by Gasteiger charge is -2.31. The van der Waals surface area contributed by atoms with Gasteiger partial charge < -0.3 is 19.5 Å². The van der Waals surface area contributed by atoms with Gasteiger partial charge in [-0.1, -0.05) is 19.3 Å². The number of nitrogens with zero attached hydrogens (tertiary/aromatic N) is 4. The maximum absolute atomic E-state index is 13.0. The molecule has 7 nitrogen and oxygen atoms in total. The molecule has 1 aromatic rings. The summed E-state index contributed by atoms with van der Waals surface area (Å²) in [4.78, 5) is 15.1. The summed E-state index contributed by atoms with van der Waals surface area (Å²) in [5.41, 5.74) is 0. The number of aromatic nitrogens is 3. The van der Waals surface area contributed by atoms with E-state index in [9.17, 15) is 4.79 Å². The van der Waals surface area contributed by atoms with Gasteiger partial charge in [-0.15, -0.1) is 10.2 Å². The molecule has 2 bridgehead atoms. The van der Waals surface area contributed by atoms with Crippen LogP contribution in [0.15, 0.2) is 0 Å². The van der Waals surface area contributed by atoms with Crippen molar-refractivity contribution in [3.8, 4) is 0 Å². The molecule has 4 rings (SSSR count). The van der Waals surface area contributed by atoms with Gasteiger partial charge in [0.25, 0.3) is 0 Å². The first-order valence-electron chi connectivity index (χ1n) is 9.75. The molecule has 2 atom stereocenters. The van der Waals surface area contributed by atoms with Crippen LogP contribution in [0.1, 0.15) is 56.6 Å². The van der Waals surface area contributed by atoms with Crippen LogP contribution in [-0.2, 0) is 24.1 Å². The smallest absolute Gasteiger partial charge is 0.318 e. The van der Waals surface area contributed by atoms with Crippen molar-refractivity contribution >= 4 is 6.03 Å². The van der Waals surface area contributed by atoms with Gasteiger partial charge in [-0.2, -0.15) is 0 Å². The molecule has 1 aromatic heterocycles. The minimum Gasteiger partial charge on any atom is -0.384 e. The van der Waals surface area contributed by atoms with Crippen molar-refractivity contribution in [2.24, 2.45) is 0 Å². The molecule has 2 unspecified atom stereocenters. The summed E-state index contributed by atoms with van der Waals surface area (Å²) in [6.45, 7) is 1.47. The lowest BCUT2D eigenvalue weighted by Crippen LogP contribution is -2.50. The molecule has 0 spiro atoms. The van der Waals surface area contributed by atoms with Crippen LogP contribution < -0.4 is 5.32 Å². The van der Waals surface area contributed by atoms with Gasteiger partial charge in [-0.05, 0) is 25.7 Å². The van der Waals surface area contributed by atoms with E-state index >= 15 is 0 Å². The van der Waals surface area contributed by atoms with E-state index in [4.69, 9.17) is 4.74 Å². The topological polar surface area (TPSA) is 72.3 Å². The minimum absolute atomic E-state index is 0.136. The predicted molar refractivity (Wildman–Crippen MR) is 93.4 cm³/mol. The molecule has 3 heterocycles. The maximum Gasteiger partial charge on any atom is 0.318 e. The van der Waals surface area contributed by atoms with Crippen LogP contribution in [-0.4, -0.2) is 57.5 Å². The molecule has 2 aliphatic heterocycles. The number of urea groups is 1.